The second-order valence-corrected chi connectivity index (χ2v) is 3.25. The van der Waals surface area contributed by atoms with Crippen molar-refractivity contribution in [2.45, 2.75) is 5.56 Å². The van der Waals surface area contributed by atoms with E-state index in [1.807, 2.05) is 0 Å². The van der Waals surface area contributed by atoms with Gasteiger partial charge in [-0.3, -0.25) is 0 Å². The summed E-state index contributed by atoms with van der Waals surface area (Å²) in [4.78, 5) is 6.98. The second kappa shape index (κ2) is 3.48. The number of hydrogen-bond acceptors (Lipinski definition) is 3. The van der Waals surface area contributed by atoms with Crippen molar-refractivity contribution in [3.63, 3.8) is 0 Å². The maximum Gasteiger partial charge on any atom is 0.168 e. The van der Waals surface area contributed by atoms with Crippen molar-refractivity contribution in [1.29, 1.82) is 0 Å². The summed E-state index contributed by atoms with van der Waals surface area (Å²) < 4.78 is 5.14. The van der Waals surface area contributed by atoms with Crippen molar-refractivity contribution in [2.24, 2.45) is 0 Å². The Bertz CT molecular complexity index is 453. The van der Waals surface area contributed by atoms with Crippen LogP contribution < -0.4 is 4.74 Å². The first kappa shape index (κ1) is 9.30. The Labute approximate surface area is 85.5 Å². The lowest BCUT2D eigenvalue weighted by Crippen LogP contribution is -1.86. The molecule has 14 heavy (non-hydrogen) atoms. The lowest BCUT2D eigenvalue weighted by Gasteiger charge is -1.98. The SMILES string of the molecule is COc1ccnc2[nH]c(C(O)Cl)cc12. The average Bonchev–Trinajstić information content (AvgIpc) is 2.60. The van der Waals surface area contributed by atoms with E-state index in [-0.39, 0.29) is 0 Å². The molecule has 1 unspecified atom stereocenters. The van der Waals surface area contributed by atoms with E-state index in [2.05, 4.69) is 9.97 Å². The summed E-state index contributed by atoms with van der Waals surface area (Å²) in [6, 6.07) is 3.47. The molecule has 2 N–H and O–H groups in total. The zero-order valence-corrected chi connectivity index (χ0v) is 8.25. The molecule has 2 heterocycles. The van der Waals surface area contributed by atoms with E-state index in [0.717, 1.165) is 5.39 Å². The summed E-state index contributed by atoms with van der Waals surface area (Å²) in [5.74, 6) is 0.704. The highest BCUT2D eigenvalue weighted by Gasteiger charge is 2.10. The minimum atomic E-state index is -1.05. The van der Waals surface area contributed by atoms with Gasteiger partial charge in [0.15, 0.2) is 5.56 Å². The standard InChI is InChI=1S/C9H9ClN2O2/c1-14-7-2-3-11-9-5(7)4-6(12-9)8(10)13/h2-4,8,13H,1H3,(H,11,12). The van der Waals surface area contributed by atoms with E-state index in [4.69, 9.17) is 21.4 Å². The minimum Gasteiger partial charge on any atom is -0.496 e. The summed E-state index contributed by atoms with van der Waals surface area (Å²) >= 11 is 5.53. The molecule has 2 aromatic heterocycles. The normalized spacial score (nSPS) is 13.1. The molecular formula is C9H9ClN2O2. The van der Waals surface area contributed by atoms with Crippen LogP contribution in [0.4, 0.5) is 0 Å². The summed E-state index contributed by atoms with van der Waals surface area (Å²) in [7, 11) is 1.58. The highest BCUT2D eigenvalue weighted by Crippen LogP contribution is 2.27. The predicted molar refractivity (Wildman–Crippen MR) is 53.5 cm³/mol. The minimum absolute atomic E-state index is 0.513. The van der Waals surface area contributed by atoms with Gasteiger partial charge in [-0.05, 0) is 12.1 Å². The van der Waals surface area contributed by atoms with Crippen molar-refractivity contribution in [1.82, 2.24) is 9.97 Å². The van der Waals surface area contributed by atoms with Gasteiger partial charge < -0.3 is 14.8 Å². The summed E-state index contributed by atoms with van der Waals surface area (Å²) in [6.45, 7) is 0. The first-order valence-electron chi connectivity index (χ1n) is 4.06. The van der Waals surface area contributed by atoms with Crippen molar-refractivity contribution in [3.05, 3.63) is 24.0 Å². The lowest BCUT2D eigenvalue weighted by atomic mass is 10.3. The predicted octanol–water partition coefficient (Wildman–Crippen LogP) is 1.80. The zero-order chi connectivity index (χ0) is 10.1. The molecule has 0 saturated heterocycles. The van der Waals surface area contributed by atoms with Gasteiger partial charge in [-0.25, -0.2) is 4.98 Å². The number of aromatic nitrogens is 2. The molecule has 0 aliphatic carbocycles. The van der Waals surface area contributed by atoms with Crippen LogP contribution in [0.3, 0.4) is 0 Å². The number of methoxy groups -OCH3 is 1. The molecule has 0 radical (unpaired) electrons. The molecule has 0 spiro atoms. The Kier molecular flexibility index (Phi) is 2.31. The number of aliphatic hydroxyl groups is 1. The Hall–Kier alpha value is -1.26. The molecule has 0 aliphatic rings. The summed E-state index contributed by atoms with van der Waals surface area (Å²) in [5, 5.41) is 9.96. The molecule has 0 fully saturated rings. The number of aromatic amines is 1. The maximum absolute atomic E-state index is 9.15. The van der Waals surface area contributed by atoms with Crippen molar-refractivity contribution in [3.8, 4) is 5.75 Å². The molecule has 0 aliphatic heterocycles. The number of ether oxygens (including phenoxy) is 1. The molecular weight excluding hydrogens is 204 g/mol. The number of nitrogens with zero attached hydrogens (tertiary/aromatic N) is 1. The first-order valence-corrected chi connectivity index (χ1v) is 4.50. The van der Waals surface area contributed by atoms with Gasteiger partial charge in [0.25, 0.3) is 0 Å². The number of alkyl halides is 1. The maximum atomic E-state index is 9.15. The second-order valence-electron chi connectivity index (χ2n) is 2.84. The van der Waals surface area contributed by atoms with Crippen LogP contribution in [-0.2, 0) is 0 Å². The van der Waals surface area contributed by atoms with Gasteiger partial charge in [0, 0.05) is 6.20 Å². The fourth-order valence-corrected chi connectivity index (χ4v) is 1.45. The van der Waals surface area contributed by atoms with Crippen LogP contribution in [0.1, 0.15) is 11.3 Å². The summed E-state index contributed by atoms with van der Waals surface area (Å²) in [5.41, 5.74) is 0.117. The van der Waals surface area contributed by atoms with E-state index in [1.54, 1.807) is 25.4 Å². The number of fused-ring (bicyclic) bond motifs is 1. The van der Waals surface area contributed by atoms with E-state index >= 15 is 0 Å². The molecule has 1 atom stereocenters. The van der Waals surface area contributed by atoms with Crippen molar-refractivity contribution >= 4 is 22.6 Å². The van der Waals surface area contributed by atoms with Gasteiger partial charge in [0.1, 0.15) is 11.4 Å². The molecule has 0 aromatic carbocycles. The molecule has 5 heteroatoms. The van der Waals surface area contributed by atoms with Gasteiger partial charge in [-0.2, -0.15) is 0 Å². The number of halogens is 1. The fourth-order valence-electron chi connectivity index (χ4n) is 1.33. The van der Waals surface area contributed by atoms with Gasteiger partial charge in [0.05, 0.1) is 18.2 Å². The largest absolute Gasteiger partial charge is 0.496 e. The topological polar surface area (TPSA) is 58.1 Å². The number of nitrogens with one attached hydrogen (secondary N) is 1. The monoisotopic (exact) mass is 212 g/mol. The molecule has 0 amide bonds. The Morgan fingerprint density at radius 3 is 3.07 bits per heavy atom. The number of rotatable bonds is 2. The molecule has 0 saturated carbocycles. The van der Waals surface area contributed by atoms with Gasteiger partial charge in [-0.1, -0.05) is 11.6 Å². The highest BCUT2D eigenvalue weighted by atomic mass is 35.5. The third-order valence-corrected chi connectivity index (χ3v) is 2.22. The van der Waals surface area contributed by atoms with E-state index in [9.17, 15) is 0 Å². The van der Waals surface area contributed by atoms with E-state index in [0.29, 0.717) is 17.1 Å². The van der Waals surface area contributed by atoms with Crippen LogP contribution in [0.25, 0.3) is 11.0 Å². The Morgan fingerprint density at radius 1 is 1.64 bits per heavy atom. The molecule has 4 nitrogen and oxygen atoms in total. The van der Waals surface area contributed by atoms with Crippen molar-refractivity contribution in [2.75, 3.05) is 7.11 Å². The van der Waals surface area contributed by atoms with Crippen LogP contribution in [0.15, 0.2) is 18.3 Å². The van der Waals surface area contributed by atoms with Gasteiger partial charge in [0.2, 0.25) is 0 Å². The third kappa shape index (κ3) is 1.42. The molecule has 74 valence electrons. The molecule has 0 bridgehead atoms. The quantitative estimate of drug-likeness (QED) is 0.747. The number of H-pyrrole nitrogens is 1. The Balaban J connectivity index is 2.64. The van der Waals surface area contributed by atoms with Crippen LogP contribution in [0, 0.1) is 0 Å². The Morgan fingerprint density at radius 2 is 2.43 bits per heavy atom. The number of pyridine rings is 1. The number of aliphatic hydroxyl groups excluding tert-OH is 1. The lowest BCUT2D eigenvalue weighted by molar-refractivity contribution is 0.259. The smallest absolute Gasteiger partial charge is 0.168 e. The van der Waals surface area contributed by atoms with E-state index in [1.165, 1.54) is 0 Å². The van der Waals surface area contributed by atoms with Crippen LogP contribution >= 0.6 is 11.6 Å². The van der Waals surface area contributed by atoms with Gasteiger partial charge in [-0.15, -0.1) is 0 Å². The van der Waals surface area contributed by atoms with Gasteiger partial charge >= 0.3 is 0 Å². The highest BCUT2D eigenvalue weighted by molar-refractivity contribution is 6.19. The molecule has 2 aromatic rings. The molecule has 2 rings (SSSR count). The average molecular weight is 213 g/mol. The number of hydrogen-bond donors (Lipinski definition) is 2. The van der Waals surface area contributed by atoms with Crippen LogP contribution in [0.2, 0.25) is 0 Å². The zero-order valence-electron chi connectivity index (χ0n) is 7.49. The van der Waals surface area contributed by atoms with Crippen LogP contribution in [0.5, 0.6) is 5.75 Å². The van der Waals surface area contributed by atoms with Crippen LogP contribution in [-0.4, -0.2) is 22.2 Å². The fraction of sp³-hybridized carbons (Fsp3) is 0.222. The van der Waals surface area contributed by atoms with Crippen molar-refractivity contribution < 1.29 is 9.84 Å². The summed E-state index contributed by atoms with van der Waals surface area (Å²) in [6.07, 6.45) is 1.63. The van der Waals surface area contributed by atoms with E-state index < -0.39 is 5.56 Å². The first-order chi connectivity index (χ1) is 6.72. The third-order valence-electron chi connectivity index (χ3n) is 1.99.